The zero-order valence-corrected chi connectivity index (χ0v) is 17.2. The van der Waals surface area contributed by atoms with Crippen molar-refractivity contribution in [1.29, 1.82) is 0 Å². The van der Waals surface area contributed by atoms with Crippen molar-refractivity contribution in [2.75, 3.05) is 0 Å². The summed E-state index contributed by atoms with van der Waals surface area (Å²) >= 11 is 11.9. The second-order valence-corrected chi connectivity index (χ2v) is 7.56. The fraction of sp³-hybridized carbons (Fsp3) is 0.0435. The van der Waals surface area contributed by atoms with Gasteiger partial charge in [0.15, 0.2) is 0 Å². The van der Waals surface area contributed by atoms with E-state index in [-0.39, 0.29) is 10.8 Å². The van der Waals surface area contributed by atoms with E-state index in [0.717, 1.165) is 22.0 Å². The van der Waals surface area contributed by atoms with Crippen LogP contribution in [0.1, 0.15) is 21.5 Å². The highest BCUT2D eigenvalue weighted by Crippen LogP contribution is 2.21. The molecule has 0 spiro atoms. The lowest BCUT2D eigenvalue weighted by molar-refractivity contribution is 0.0955. The highest BCUT2D eigenvalue weighted by atomic mass is 35.5. The van der Waals surface area contributed by atoms with E-state index in [9.17, 15) is 9.18 Å². The molecule has 4 nitrogen and oxygen atoms in total. The Morgan fingerprint density at radius 1 is 1.07 bits per heavy atom. The summed E-state index contributed by atoms with van der Waals surface area (Å²) in [6, 6.07) is 19.0. The summed E-state index contributed by atoms with van der Waals surface area (Å²) < 4.78 is 15.5. The number of carbonyl (C=O) groups is 1. The first kappa shape index (κ1) is 20.1. The minimum atomic E-state index is -0.421. The summed E-state index contributed by atoms with van der Waals surface area (Å²) in [6.45, 7) is 0.576. The number of nitrogens with zero attached hydrogens (tertiary/aromatic N) is 2. The van der Waals surface area contributed by atoms with Crippen LogP contribution in [-0.2, 0) is 6.54 Å². The van der Waals surface area contributed by atoms with Crippen LogP contribution in [0, 0.1) is 5.82 Å². The van der Waals surface area contributed by atoms with Crippen LogP contribution in [0.3, 0.4) is 0 Å². The van der Waals surface area contributed by atoms with Gasteiger partial charge in [0.05, 0.1) is 16.8 Å². The van der Waals surface area contributed by atoms with Crippen molar-refractivity contribution in [1.82, 2.24) is 9.99 Å². The molecule has 30 heavy (non-hydrogen) atoms. The number of rotatable bonds is 5. The molecule has 150 valence electrons. The molecule has 0 aliphatic heterocycles. The quantitative estimate of drug-likeness (QED) is 0.305. The maximum atomic E-state index is 13.4. The Morgan fingerprint density at radius 2 is 1.93 bits per heavy atom. The lowest BCUT2D eigenvalue weighted by Crippen LogP contribution is -2.18. The largest absolute Gasteiger partial charge is 0.343 e. The summed E-state index contributed by atoms with van der Waals surface area (Å²) in [7, 11) is 0. The number of aromatic nitrogens is 1. The van der Waals surface area contributed by atoms with Crippen molar-refractivity contribution in [2.45, 2.75) is 6.54 Å². The van der Waals surface area contributed by atoms with Crippen LogP contribution in [0.15, 0.2) is 78.0 Å². The van der Waals surface area contributed by atoms with Gasteiger partial charge in [-0.05, 0) is 59.7 Å². The van der Waals surface area contributed by atoms with Gasteiger partial charge in [-0.25, -0.2) is 9.82 Å². The Kier molecular flexibility index (Phi) is 5.84. The number of halogens is 3. The summed E-state index contributed by atoms with van der Waals surface area (Å²) in [5.41, 5.74) is 5.50. The molecule has 0 atom stereocenters. The Hall–Kier alpha value is -3.15. The van der Waals surface area contributed by atoms with E-state index in [1.54, 1.807) is 24.4 Å². The van der Waals surface area contributed by atoms with E-state index in [4.69, 9.17) is 23.2 Å². The number of hydrogen-bond donors (Lipinski definition) is 1. The van der Waals surface area contributed by atoms with E-state index >= 15 is 0 Å². The molecule has 4 rings (SSSR count). The van der Waals surface area contributed by atoms with Crippen molar-refractivity contribution in [3.63, 3.8) is 0 Å². The Morgan fingerprint density at radius 3 is 2.73 bits per heavy atom. The highest BCUT2D eigenvalue weighted by Gasteiger charge is 2.09. The molecule has 0 aliphatic rings. The molecule has 1 amide bonds. The topological polar surface area (TPSA) is 46.4 Å². The van der Waals surface area contributed by atoms with Crippen molar-refractivity contribution < 1.29 is 9.18 Å². The first-order valence-corrected chi connectivity index (χ1v) is 9.87. The Bertz CT molecular complexity index is 1270. The third-order valence-corrected chi connectivity index (χ3v) is 5.14. The summed E-state index contributed by atoms with van der Waals surface area (Å²) in [5.74, 6) is -0.667. The molecule has 4 aromatic rings. The molecule has 0 fully saturated rings. The Labute approximate surface area is 182 Å². The monoisotopic (exact) mass is 439 g/mol. The second-order valence-electron chi connectivity index (χ2n) is 6.72. The van der Waals surface area contributed by atoms with E-state index in [2.05, 4.69) is 15.1 Å². The van der Waals surface area contributed by atoms with Gasteiger partial charge in [0.1, 0.15) is 5.82 Å². The van der Waals surface area contributed by atoms with Gasteiger partial charge in [0.2, 0.25) is 0 Å². The number of amides is 1. The van der Waals surface area contributed by atoms with Crippen LogP contribution in [0.2, 0.25) is 10.0 Å². The lowest BCUT2D eigenvalue weighted by Gasteiger charge is -2.06. The van der Waals surface area contributed by atoms with Gasteiger partial charge >= 0.3 is 0 Å². The number of fused-ring (bicyclic) bond motifs is 1. The van der Waals surface area contributed by atoms with Gasteiger partial charge in [0, 0.05) is 28.7 Å². The van der Waals surface area contributed by atoms with Crippen LogP contribution in [0.4, 0.5) is 4.39 Å². The average molecular weight is 440 g/mol. The fourth-order valence-corrected chi connectivity index (χ4v) is 3.66. The van der Waals surface area contributed by atoms with Gasteiger partial charge in [-0.15, -0.1) is 0 Å². The van der Waals surface area contributed by atoms with Gasteiger partial charge in [-0.1, -0.05) is 41.4 Å². The predicted molar refractivity (Wildman–Crippen MR) is 119 cm³/mol. The molecule has 0 radical (unpaired) electrons. The third-order valence-electron chi connectivity index (χ3n) is 4.59. The molecule has 0 unspecified atom stereocenters. The molecular formula is C23H16Cl2FN3O. The molecule has 3 aromatic carbocycles. The predicted octanol–water partition coefficient (Wildman–Crippen LogP) is 5.90. The third kappa shape index (κ3) is 4.53. The van der Waals surface area contributed by atoms with Crippen molar-refractivity contribution >= 4 is 46.2 Å². The molecule has 7 heteroatoms. The fourth-order valence-electron chi connectivity index (χ4n) is 3.17. The zero-order valence-electron chi connectivity index (χ0n) is 15.6. The van der Waals surface area contributed by atoms with Gasteiger partial charge < -0.3 is 4.57 Å². The van der Waals surface area contributed by atoms with Crippen LogP contribution >= 0.6 is 23.2 Å². The summed E-state index contributed by atoms with van der Waals surface area (Å²) in [5, 5.41) is 5.74. The Balaban J connectivity index is 1.47. The van der Waals surface area contributed by atoms with Crippen molar-refractivity contribution in [3.8, 4) is 0 Å². The highest BCUT2D eigenvalue weighted by molar-refractivity contribution is 6.36. The standard InChI is InChI=1S/C23H16Cl2FN3O/c24-18-5-6-20(21(25)12-18)23(30)28-27-13-15-4-7-22-17(10-15)8-9-29(22)14-16-2-1-3-19(26)11-16/h1-13H,14H2,(H,28,30)/b27-13+. The number of carbonyl (C=O) groups excluding carboxylic acids is 1. The number of benzene rings is 3. The molecule has 0 saturated heterocycles. The number of hydrazone groups is 1. The molecule has 0 saturated carbocycles. The zero-order chi connectivity index (χ0) is 21.1. The van der Waals surface area contributed by atoms with Crippen LogP contribution in [0.25, 0.3) is 10.9 Å². The van der Waals surface area contributed by atoms with Crippen LogP contribution in [0.5, 0.6) is 0 Å². The number of nitrogens with one attached hydrogen (secondary N) is 1. The van der Waals surface area contributed by atoms with Crippen LogP contribution < -0.4 is 5.43 Å². The first-order valence-electron chi connectivity index (χ1n) is 9.11. The van der Waals surface area contributed by atoms with E-state index in [0.29, 0.717) is 17.1 Å². The smallest absolute Gasteiger partial charge is 0.272 e. The van der Waals surface area contributed by atoms with E-state index < -0.39 is 5.91 Å². The normalized spacial score (nSPS) is 11.3. The van der Waals surface area contributed by atoms with Gasteiger partial charge in [-0.3, -0.25) is 4.79 Å². The maximum absolute atomic E-state index is 13.4. The molecule has 1 aromatic heterocycles. The molecule has 0 bridgehead atoms. The minimum Gasteiger partial charge on any atom is -0.343 e. The summed E-state index contributed by atoms with van der Waals surface area (Å²) in [4.78, 5) is 12.2. The molecular weight excluding hydrogens is 424 g/mol. The van der Waals surface area contributed by atoms with Gasteiger partial charge in [-0.2, -0.15) is 5.10 Å². The molecule has 1 N–H and O–H groups in total. The average Bonchev–Trinajstić information content (AvgIpc) is 3.10. The van der Waals surface area contributed by atoms with Crippen molar-refractivity contribution in [2.24, 2.45) is 5.10 Å². The SMILES string of the molecule is O=C(N/N=C/c1ccc2c(ccn2Cc2cccc(F)c2)c1)c1ccc(Cl)cc1Cl. The van der Waals surface area contributed by atoms with E-state index in [1.807, 2.05) is 36.5 Å². The maximum Gasteiger partial charge on any atom is 0.272 e. The van der Waals surface area contributed by atoms with Gasteiger partial charge in [0.25, 0.3) is 5.91 Å². The minimum absolute atomic E-state index is 0.246. The summed E-state index contributed by atoms with van der Waals surface area (Å²) in [6.07, 6.45) is 3.52. The van der Waals surface area contributed by atoms with Crippen LogP contribution in [-0.4, -0.2) is 16.7 Å². The second kappa shape index (κ2) is 8.69. The first-order chi connectivity index (χ1) is 14.5. The lowest BCUT2D eigenvalue weighted by atomic mass is 10.1. The molecule has 1 heterocycles. The molecule has 0 aliphatic carbocycles. The van der Waals surface area contributed by atoms with E-state index in [1.165, 1.54) is 18.2 Å². The van der Waals surface area contributed by atoms with Crippen molar-refractivity contribution in [3.05, 3.63) is 105 Å². The number of hydrogen-bond acceptors (Lipinski definition) is 2.